The molecule has 1 amide bonds. The van der Waals surface area contributed by atoms with E-state index in [4.69, 9.17) is 16.3 Å². The number of nitrogens with one attached hydrogen (secondary N) is 1. The smallest absolute Gasteiger partial charge is 0.230 e. The summed E-state index contributed by atoms with van der Waals surface area (Å²) < 4.78 is 7.54. The molecule has 0 unspecified atom stereocenters. The van der Waals surface area contributed by atoms with Gasteiger partial charge in [0.15, 0.2) is 11.0 Å². The standard InChI is InChI=1S/C22H23ClN4O2S/c1-15-4-2-5-18(12-15)27-21(16-7-9-17(23)10-8-16)25-26-22(27)30-14-20(28)24-13-19-6-3-11-29-19/h2,4-5,7-10,12,19H,3,6,11,13-14H2,1H3,(H,24,28)/t19-/m1/s1. The number of ether oxygens (including phenoxy) is 1. The van der Waals surface area contributed by atoms with Gasteiger partial charge in [-0.05, 0) is 61.7 Å². The lowest BCUT2D eigenvalue weighted by atomic mass is 10.2. The number of benzene rings is 2. The van der Waals surface area contributed by atoms with Gasteiger partial charge in [-0.15, -0.1) is 10.2 Å². The molecule has 1 aliphatic heterocycles. The van der Waals surface area contributed by atoms with Crippen molar-refractivity contribution in [2.75, 3.05) is 18.9 Å². The second-order valence-corrected chi connectivity index (χ2v) is 8.59. The minimum Gasteiger partial charge on any atom is -0.376 e. The van der Waals surface area contributed by atoms with Crippen LogP contribution >= 0.6 is 23.4 Å². The van der Waals surface area contributed by atoms with E-state index in [-0.39, 0.29) is 17.8 Å². The Morgan fingerprint density at radius 3 is 2.83 bits per heavy atom. The van der Waals surface area contributed by atoms with Crippen molar-refractivity contribution >= 4 is 29.3 Å². The van der Waals surface area contributed by atoms with Crippen molar-refractivity contribution in [3.8, 4) is 17.1 Å². The molecule has 0 bridgehead atoms. The van der Waals surface area contributed by atoms with Gasteiger partial charge in [0.2, 0.25) is 5.91 Å². The fourth-order valence-electron chi connectivity index (χ4n) is 3.36. The molecular formula is C22H23ClN4O2S. The SMILES string of the molecule is Cc1cccc(-n2c(SCC(=O)NC[C@H]3CCCO3)nnc2-c2ccc(Cl)cc2)c1. The van der Waals surface area contributed by atoms with Crippen LogP contribution in [-0.4, -0.2) is 45.7 Å². The summed E-state index contributed by atoms with van der Waals surface area (Å²) in [5, 5.41) is 13.1. The number of thioether (sulfide) groups is 1. The Hall–Kier alpha value is -2.35. The largest absolute Gasteiger partial charge is 0.376 e. The third-order valence-electron chi connectivity index (χ3n) is 4.88. The zero-order valence-electron chi connectivity index (χ0n) is 16.7. The molecule has 0 spiro atoms. The lowest BCUT2D eigenvalue weighted by Crippen LogP contribution is -2.32. The fraction of sp³-hybridized carbons (Fsp3) is 0.318. The van der Waals surface area contributed by atoms with Gasteiger partial charge in [-0.1, -0.05) is 35.5 Å². The molecule has 1 saturated heterocycles. The van der Waals surface area contributed by atoms with Crippen LogP contribution < -0.4 is 5.32 Å². The second kappa shape index (κ2) is 9.64. The first-order chi connectivity index (χ1) is 14.6. The monoisotopic (exact) mass is 442 g/mol. The zero-order valence-corrected chi connectivity index (χ0v) is 18.2. The van der Waals surface area contributed by atoms with E-state index in [9.17, 15) is 4.79 Å². The van der Waals surface area contributed by atoms with Crippen LogP contribution in [0.15, 0.2) is 53.7 Å². The third-order valence-corrected chi connectivity index (χ3v) is 6.06. The summed E-state index contributed by atoms with van der Waals surface area (Å²) in [5.74, 6) is 0.930. The molecule has 4 rings (SSSR count). The van der Waals surface area contributed by atoms with E-state index in [0.29, 0.717) is 22.5 Å². The lowest BCUT2D eigenvalue weighted by molar-refractivity contribution is -0.119. The van der Waals surface area contributed by atoms with Gasteiger partial charge in [0, 0.05) is 29.4 Å². The van der Waals surface area contributed by atoms with Crippen molar-refractivity contribution in [1.29, 1.82) is 0 Å². The Bertz CT molecular complexity index is 1020. The van der Waals surface area contributed by atoms with Gasteiger partial charge < -0.3 is 10.1 Å². The van der Waals surface area contributed by atoms with Crippen molar-refractivity contribution in [2.24, 2.45) is 0 Å². The van der Waals surface area contributed by atoms with E-state index < -0.39 is 0 Å². The molecule has 1 atom stereocenters. The van der Waals surface area contributed by atoms with Gasteiger partial charge in [0.1, 0.15) is 0 Å². The minimum absolute atomic E-state index is 0.0395. The van der Waals surface area contributed by atoms with Crippen LogP contribution in [-0.2, 0) is 9.53 Å². The number of aromatic nitrogens is 3. The minimum atomic E-state index is -0.0395. The highest BCUT2D eigenvalue weighted by Crippen LogP contribution is 2.29. The number of halogens is 1. The Balaban J connectivity index is 1.55. The maximum atomic E-state index is 12.3. The normalized spacial score (nSPS) is 16.0. The van der Waals surface area contributed by atoms with Gasteiger partial charge in [-0.3, -0.25) is 9.36 Å². The topological polar surface area (TPSA) is 69.0 Å². The van der Waals surface area contributed by atoms with Gasteiger partial charge in [-0.25, -0.2) is 0 Å². The number of carbonyl (C=O) groups excluding carboxylic acids is 1. The van der Waals surface area contributed by atoms with E-state index in [0.717, 1.165) is 36.3 Å². The summed E-state index contributed by atoms with van der Waals surface area (Å²) in [5.41, 5.74) is 2.99. The predicted octanol–water partition coefficient (Wildman–Crippen LogP) is 4.28. The summed E-state index contributed by atoms with van der Waals surface area (Å²) >= 11 is 7.41. The molecule has 0 radical (unpaired) electrons. The van der Waals surface area contributed by atoms with Crippen LogP contribution in [0.4, 0.5) is 0 Å². The van der Waals surface area contributed by atoms with Crippen LogP contribution in [0.2, 0.25) is 5.02 Å². The van der Waals surface area contributed by atoms with Gasteiger partial charge in [-0.2, -0.15) is 0 Å². The highest BCUT2D eigenvalue weighted by atomic mass is 35.5. The van der Waals surface area contributed by atoms with Crippen molar-refractivity contribution in [3.05, 3.63) is 59.1 Å². The fourth-order valence-corrected chi connectivity index (χ4v) is 4.27. The van der Waals surface area contributed by atoms with E-state index >= 15 is 0 Å². The first-order valence-electron chi connectivity index (χ1n) is 9.89. The second-order valence-electron chi connectivity index (χ2n) is 7.22. The molecule has 6 nitrogen and oxygen atoms in total. The summed E-state index contributed by atoms with van der Waals surface area (Å²) in [6.45, 7) is 3.38. The third kappa shape index (κ3) is 5.03. The number of rotatable bonds is 7. The molecule has 30 heavy (non-hydrogen) atoms. The summed E-state index contributed by atoms with van der Waals surface area (Å²) in [6, 6.07) is 15.6. The molecule has 3 aromatic rings. The molecule has 1 N–H and O–H groups in total. The first kappa shape index (κ1) is 20.9. The quantitative estimate of drug-likeness (QED) is 0.553. The Kier molecular flexibility index (Phi) is 6.72. The Morgan fingerprint density at radius 1 is 1.27 bits per heavy atom. The number of nitrogens with zero attached hydrogens (tertiary/aromatic N) is 3. The summed E-state index contributed by atoms with van der Waals surface area (Å²) in [6.07, 6.45) is 2.19. The lowest BCUT2D eigenvalue weighted by Gasteiger charge is -2.12. The highest BCUT2D eigenvalue weighted by Gasteiger charge is 2.19. The van der Waals surface area contributed by atoms with E-state index in [2.05, 4.69) is 21.6 Å². The molecule has 0 aliphatic carbocycles. The molecule has 0 saturated carbocycles. The summed E-state index contributed by atoms with van der Waals surface area (Å²) in [7, 11) is 0. The molecular weight excluding hydrogens is 420 g/mol. The molecule has 1 fully saturated rings. The molecule has 8 heteroatoms. The number of hydrogen-bond acceptors (Lipinski definition) is 5. The Morgan fingerprint density at radius 2 is 2.10 bits per heavy atom. The van der Waals surface area contributed by atoms with Crippen molar-refractivity contribution in [3.63, 3.8) is 0 Å². The zero-order chi connectivity index (χ0) is 20.9. The van der Waals surface area contributed by atoms with E-state index in [1.165, 1.54) is 11.8 Å². The van der Waals surface area contributed by atoms with Crippen LogP contribution in [0.25, 0.3) is 17.1 Å². The molecule has 1 aliphatic rings. The van der Waals surface area contributed by atoms with Crippen molar-refractivity contribution in [2.45, 2.75) is 31.0 Å². The highest BCUT2D eigenvalue weighted by molar-refractivity contribution is 7.99. The van der Waals surface area contributed by atoms with Crippen LogP contribution in [0.3, 0.4) is 0 Å². The molecule has 156 valence electrons. The average molecular weight is 443 g/mol. The Labute approximate surface area is 185 Å². The van der Waals surface area contributed by atoms with E-state index in [1.54, 1.807) is 0 Å². The number of amides is 1. The summed E-state index contributed by atoms with van der Waals surface area (Å²) in [4.78, 5) is 12.3. The maximum absolute atomic E-state index is 12.3. The van der Waals surface area contributed by atoms with Gasteiger partial charge in [0.25, 0.3) is 0 Å². The van der Waals surface area contributed by atoms with Crippen molar-refractivity contribution in [1.82, 2.24) is 20.1 Å². The number of carbonyl (C=O) groups is 1. The number of aryl methyl sites for hydroxylation is 1. The maximum Gasteiger partial charge on any atom is 0.230 e. The predicted molar refractivity (Wildman–Crippen MR) is 119 cm³/mol. The van der Waals surface area contributed by atoms with Crippen LogP contribution in [0.5, 0.6) is 0 Å². The van der Waals surface area contributed by atoms with Crippen LogP contribution in [0.1, 0.15) is 18.4 Å². The van der Waals surface area contributed by atoms with Gasteiger partial charge in [0.05, 0.1) is 11.9 Å². The molecule has 1 aromatic heterocycles. The van der Waals surface area contributed by atoms with E-state index in [1.807, 2.05) is 54.0 Å². The number of hydrogen-bond donors (Lipinski definition) is 1. The van der Waals surface area contributed by atoms with Gasteiger partial charge >= 0.3 is 0 Å². The first-order valence-corrected chi connectivity index (χ1v) is 11.3. The molecule has 2 aromatic carbocycles. The molecule has 2 heterocycles. The van der Waals surface area contributed by atoms with Crippen molar-refractivity contribution < 1.29 is 9.53 Å². The average Bonchev–Trinajstić information content (AvgIpc) is 3.41. The van der Waals surface area contributed by atoms with Crippen LogP contribution in [0, 0.1) is 6.92 Å².